The number of hydrogen-bond donors (Lipinski definition) is 1. The molecule has 0 aromatic heterocycles. The molecule has 6 heteroatoms. The van der Waals surface area contributed by atoms with Gasteiger partial charge in [-0.1, -0.05) is 0 Å². The van der Waals surface area contributed by atoms with Crippen LogP contribution in [0.5, 0.6) is 0 Å². The maximum absolute atomic E-state index is 12.2. The summed E-state index contributed by atoms with van der Waals surface area (Å²) in [5.41, 5.74) is 0. The summed E-state index contributed by atoms with van der Waals surface area (Å²) >= 11 is 0. The van der Waals surface area contributed by atoms with Gasteiger partial charge >= 0.3 is 5.97 Å². The average molecular weight is 254 g/mol. The highest BCUT2D eigenvalue weighted by Gasteiger charge is 2.35. The third-order valence-electron chi connectivity index (χ3n) is 3.56. The van der Waals surface area contributed by atoms with E-state index >= 15 is 0 Å². The van der Waals surface area contributed by atoms with Crippen molar-refractivity contribution in [3.05, 3.63) is 0 Å². The van der Waals surface area contributed by atoms with E-state index in [9.17, 15) is 14.4 Å². The Kier molecular flexibility index (Phi) is 3.84. The first-order chi connectivity index (χ1) is 8.61. The molecule has 2 amide bonds. The maximum atomic E-state index is 12.2. The molecule has 6 nitrogen and oxygen atoms in total. The van der Waals surface area contributed by atoms with Crippen LogP contribution in [0.2, 0.25) is 0 Å². The van der Waals surface area contributed by atoms with Crippen LogP contribution in [-0.2, 0) is 19.1 Å². The van der Waals surface area contributed by atoms with Crippen LogP contribution in [0.1, 0.15) is 25.7 Å². The lowest BCUT2D eigenvalue weighted by Crippen LogP contribution is -2.49. The molecule has 0 radical (unpaired) electrons. The van der Waals surface area contributed by atoms with Crippen molar-refractivity contribution in [1.29, 1.82) is 0 Å². The zero-order valence-corrected chi connectivity index (χ0v) is 10.5. The fourth-order valence-electron chi connectivity index (χ4n) is 2.56. The maximum Gasteiger partial charge on any atom is 0.310 e. The topological polar surface area (TPSA) is 75.7 Å². The number of amides is 2. The van der Waals surface area contributed by atoms with Crippen LogP contribution < -0.4 is 5.32 Å². The third kappa shape index (κ3) is 2.63. The number of carbonyl (C=O) groups excluding carboxylic acids is 3. The third-order valence-corrected chi connectivity index (χ3v) is 3.56. The second kappa shape index (κ2) is 5.37. The van der Waals surface area contributed by atoms with E-state index in [1.54, 1.807) is 4.90 Å². The molecule has 2 aliphatic heterocycles. The number of nitrogens with zero attached hydrogens (tertiary/aromatic N) is 1. The van der Waals surface area contributed by atoms with Crippen molar-refractivity contribution in [1.82, 2.24) is 10.2 Å². The van der Waals surface area contributed by atoms with Gasteiger partial charge in [0, 0.05) is 19.5 Å². The highest BCUT2D eigenvalue weighted by molar-refractivity contribution is 5.91. The number of hydrogen-bond acceptors (Lipinski definition) is 4. The highest BCUT2D eigenvalue weighted by Crippen LogP contribution is 2.20. The Bertz CT molecular complexity index is 369. The second-order valence-corrected chi connectivity index (χ2v) is 4.81. The van der Waals surface area contributed by atoms with E-state index in [0.717, 1.165) is 12.8 Å². The number of methoxy groups -OCH3 is 1. The molecule has 1 N–H and O–H groups in total. The first kappa shape index (κ1) is 12.9. The normalized spacial score (nSPS) is 27.8. The van der Waals surface area contributed by atoms with Gasteiger partial charge in [0.1, 0.15) is 6.04 Å². The van der Waals surface area contributed by atoms with E-state index in [-0.39, 0.29) is 23.7 Å². The van der Waals surface area contributed by atoms with E-state index < -0.39 is 6.04 Å². The Morgan fingerprint density at radius 2 is 2.17 bits per heavy atom. The fraction of sp³-hybridized carbons (Fsp3) is 0.750. The van der Waals surface area contributed by atoms with Gasteiger partial charge in [0.05, 0.1) is 13.0 Å². The molecule has 0 bridgehead atoms. The highest BCUT2D eigenvalue weighted by atomic mass is 16.5. The Morgan fingerprint density at radius 1 is 1.39 bits per heavy atom. The van der Waals surface area contributed by atoms with Crippen LogP contribution in [0, 0.1) is 5.92 Å². The van der Waals surface area contributed by atoms with Crippen LogP contribution in [-0.4, -0.2) is 48.9 Å². The summed E-state index contributed by atoms with van der Waals surface area (Å²) in [6.45, 7) is 1.05. The van der Waals surface area contributed by atoms with Gasteiger partial charge in [0.2, 0.25) is 11.8 Å². The molecule has 0 spiro atoms. The van der Waals surface area contributed by atoms with Gasteiger partial charge < -0.3 is 15.0 Å². The molecule has 2 aliphatic rings. The monoisotopic (exact) mass is 254 g/mol. The summed E-state index contributed by atoms with van der Waals surface area (Å²) in [6, 6.07) is -0.408. The Hall–Kier alpha value is -1.59. The van der Waals surface area contributed by atoms with E-state index in [2.05, 4.69) is 5.32 Å². The van der Waals surface area contributed by atoms with E-state index in [4.69, 9.17) is 4.74 Å². The lowest BCUT2D eigenvalue weighted by Gasteiger charge is -2.32. The van der Waals surface area contributed by atoms with Crippen LogP contribution in [0.25, 0.3) is 0 Å². The molecule has 0 aromatic rings. The minimum Gasteiger partial charge on any atom is -0.469 e. The molecular formula is C12H18N2O4. The van der Waals surface area contributed by atoms with Gasteiger partial charge in [-0.3, -0.25) is 14.4 Å². The number of ether oxygens (including phenoxy) is 1. The summed E-state index contributed by atoms with van der Waals surface area (Å²) in [6.07, 6.45) is 2.52. The summed E-state index contributed by atoms with van der Waals surface area (Å²) in [5.74, 6) is -0.642. The number of carbonyl (C=O) groups is 3. The van der Waals surface area contributed by atoms with Gasteiger partial charge in [-0.15, -0.1) is 0 Å². The standard InChI is InChI=1S/C12H18N2O4/c1-18-12(17)8-3-2-6-14(7-8)11(16)9-4-5-10(15)13-9/h8-9H,2-7H2,1H3,(H,13,15)/t8?,9-/m1/s1. The molecular weight excluding hydrogens is 236 g/mol. The van der Waals surface area contributed by atoms with Crippen molar-refractivity contribution in [3.8, 4) is 0 Å². The van der Waals surface area contributed by atoms with Crippen molar-refractivity contribution < 1.29 is 19.1 Å². The molecule has 0 aromatic carbocycles. The molecule has 2 heterocycles. The largest absolute Gasteiger partial charge is 0.469 e. The van der Waals surface area contributed by atoms with E-state index in [1.165, 1.54) is 7.11 Å². The molecule has 2 atom stereocenters. The van der Waals surface area contributed by atoms with Gasteiger partial charge in [-0.05, 0) is 19.3 Å². The predicted molar refractivity (Wildman–Crippen MR) is 62.5 cm³/mol. The number of rotatable bonds is 2. The van der Waals surface area contributed by atoms with Gasteiger partial charge in [-0.2, -0.15) is 0 Å². The van der Waals surface area contributed by atoms with E-state index in [0.29, 0.717) is 25.9 Å². The minimum atomic E-state index is -0.408. The van der Waals surface area contributed by atoms with Crippen LogP contribution in [0.4, 0.5) is 0 Å². The van der Waals surface area contributed by atoms with Crippen LogP contribution in [0.3, 0.4) is 0 Å². The van der Waals surface area contributed by atoms with Crippen molar-refractivity contribution in [3.63, 3.8) is 0 Å². The predicted octanol–water partition coefficient (Wildman–Crippen LogP) is -0.323. The zero-order chi connectivity index (χ0) is 13.1. The van der Waals surface area contributed by atoms with Gasteiger partial charge in [0.25, 0.3) is 0 Å². The number of esters is 1. The molecule has 2 saturated heterocycles. The van der Waals surface area contributed by atoms with Gasteiger partial charge in [0.15, 0.2) is 0 Å². The molecule has 100 valence electrons. The Morgan fingerprint density at radius 3 is 2.78 bits per heavy atom. The van der Waals surface area contributed by atoms with Crippen molar-refractivity contribution in [2.75, 3.05) is 20.2 Å². The number of piperidine rings is 1. The van der Waals surface area contributed by atoms with Crippen molar-refractivity contribution >= 4 is 17.8 Å². The van der Waals surface area contributed by atoms with E-state index in [1.807, 2.05) is 0 Å². The zero-order valence-electron chi connectivity index (χ0n) is 10.5. The Balaban J connectivity index is 1.94. The molecule has 2 rings (SSSR count). The molecule has 18 heavy (non-hydrogen) atoms. The SMILES string of the molecule is COC(=O)C1CCCN(C(=O)[C@H]2CCC(=O)N2)C1. The summed E-state index contributed by atoms with van der Waals surface area (Å²) in [5, 5.41) is 2.66. The number of likely N-dealkylation sites (tertiary alicyclic amines) is 1. The van der Waals surface area contributed by atoms with Crippen LogP contribution in [0.15, 0.2) is 0 Å². The second-order valence-electron chi connectivity index (χ2n) is 4.81. The molecule has 1 unspecified atom stereocenters. The molecule has 2 fully saturated rings. The summed E-state index contributed by atoms with van der Waals surface area (Å²) in [4.78, 5) is 36.4. The minimum absolute atomic E-state index is 0.0742. The Labute approximate surface area is 106 Å². The molecule has 0 aliphatic carbocycles. The smallest absolute Gasteiger partial charge is 0.310 e. The van der Waals surface area contributed by atoms with Crippen LogP contribution >= 0.6 is 0 Å². The first-order valence-electron chi connectivity index (χ1n) is 6.28. The lowest BCUT2D eigenvalue weighted by molar-refractivity contribution is -0.149. The number of nitrogens with one attached hydrogen (secondary N) is 1. The van der Waals surface area contributed by atoms with Crippen molar-refractivity contribution in [2.24, 2.45) is 5.92 Å². The van der Waals surface area contributed by atoms with Crippen molar-refractivity contribution in [2.45, 2.75) is 31.7 Å². The van der Waals surface area contributed by atoms with Gasteiger partial charge in [-0.25, -0.2) is 0 Å². The first-order valence-corrected chi connectivity index (χ1v) is 6.28. The quantitative estimate of drug-likeness (QED) is 0.685. The summed E-state index contributed by atoms with van der Waals surface area (Å²) < 4.78 is 4.71. The molecule has 0 saturated carbocycles. The summed E-state index contributed by atoms with van der Waals surface area (Å²) in [7, 11) is 1.36. The fourth-order valence-corrected chi connectivity index (χ4v) is 2.56. The lowest BCUT2D eigenvalue weighted by atomic mass is 9.97. The average Bonchev–Trinajstić information content (AvgIpc) is 2.83.